The highest BCUT2D eigenvalue weighted by Gasteiger charge is 2.45. The zero-order chi connectivity index (χ0) is 10.9. The Morgan fingerprint density at radius 1 is 1.40 bits per heavy atom. The fraction of sp³-hybridized carbons (Fsp3) is 0.500. The summed E-state index contributed by atoms with van der Waals surface area (Å²) >= 11 is 0. The van der Waals surface area contributed by atoms with Gasteiger partial charge in [-0.1, -0.05) is 31.2 Å². The van der Waals surface area contributed by atoms with Crippen LogP contribution in [0.3, 0.4) is 0 Å². The van der Waals surface area contributed by atoms with Crippen LogP contribution < -0.4 is 5.32 Å². The number of halogens is 2. The van der Waals surface area contributed by atoms with E-state index in [1.807, 2.05) is 31.2 Å². The van der Waals surface area contributed by atoms with Crippen LogP contribution in [0.25, 0.3) is 0 Å². The van der Waals surface area contributed by atoms with Crippen molar-refractivity contribution >= 4 is 0 Å². The molecule has 1 aromatic carbocycles. The third kappa shape index (κ3) is 1.55. The maximum absolute atomic E-state index is 13.2. The number of rotatable bonds is 3. The molecule has 1 aliphatic carbocycles. The van der Waals surface area contributed by atoms with Crippen molar-refractivity contribution in [3.05, 3.63) is 35.4 Å². The molecule has 0 bridgehead atoms. The SMILES string of the molecule is CCNC1(C(F)F)CCc2ccccc21. The lowest BCUT2D eigenvalue weighted by atomic mass is 9.92. The molecule has 0 aliphatic heterocycles. The topological polar surface area (TPSA) is 12.0 Å². The molecule has 0 aromatic heterocycles. The average Bonchev–Trinajstić information content (AvgIpc) is 2.60. The summed E-state index contributed by atoms with van der Waals surface area (Å²) in [4.78, 5) is 0. The molecule has 2 rings (SSSR count). The Labute approximate surface area is 88.5 Å². The molecule has 3 heteroatoms. The van der Waals surface area contributed by atoms with Crippen molar-refractivity contribution in [1.82, 2.24) is 5.32 Å². The van der Waals surface area contributed by atoms with Crippen LogP contribution in [0.4, 0.5) is 8.78 Å². The second-order valence-electron chi connectivity index (χ2n) is 3.96. The third-order valence-electron chi connectivity index (χ3n) is 3.15. The van der Waals surface area contributed by atoms with Gasteiger partial charge >= 0.3 is 0 Å². The molecule has 1 aliphatic rings. The molecule has 0 saturated heterocycles. The Morgan fingerprint density at radius 2 is 2.13 bits per heavy atom. The maximum Gasteiger partial charge on any atom is 0.260 e. The Morgan fingerprint density at radius 3 is 2.80 bits per heavy atom. The Hall–Kier alpha value is -0.960. The lowest BCUT2D eigenvalue weighted by Gasteiger charge is -2.30. The maximum atomic E-state index is 13.2. The minimum Gasteiger partial charge on any atom is -0.303 e. The van der Waals surface area contributed by atoms with Crippen LogP contribution in [-0.2, 0) is 12.0 Å². The number of fused-ring (bicyclic) bond motifs is 1. The first-order valence-electron chi connectivity index (χ1n) is 5.32. The third-order valence-corrected chi connectivity index (χ3v) is 3.15. The summed E-state index contributed by atoms with van der Waals surface area (Å²) in [6, 6.07) is 7.50. The van der Waals surface area contributed by atoms with Crippen molar-refractivity contribution in [3.8, 4) is 0 Å². The molecule has 0 saturated carbocycles. The van der Waals surface area contributed by atoms with Crippen LogP contribution in [0.15, 0.2) is 24.3 Å². The molecule has 82 valence electrons. The Kier molecular flexibility index (Phi) is 2.74. The number of hydrogen-bond acceptors (Lipinski definition) is 1. The van der Waals surface area contributed by atoms with E-state index in [0.29, 0.717) is 13.0 Å². The average molecular weight is 211 g/mol. The lowest BCUT2D eigenvalue weighted by Crippen LogP contribution is -2.46. The van der Waals surface area contributed by atoms with Crippen LogP contribution in [0.1, 0.15) is 24.5 Å². The van der Waals surface area contributed by atoms with Crippen molar-refractivity contribution in [1.29, 1.82) is 0 Å². The van der Waals surface area contributed by atoms with E-state index in [1.165, 1.54) is 0 Å². The molecule has 1 unspecified atom stereocenters. The molecular formula is C12H15F2N. The highest BCUT2D eigenvalue weighted by molar-refractivity contribution is 5.39. The van der Waals surface area contributed by atoms with Gasteiger partial charge in [0, 0.05) is 0 Å². The molecule has 0 radical (unpaired) electrons. The number of alkyl halides is 2. The minimum atomic E-state index is -2.35. The second-order valence-corrected chi connectivity index (χ2v) is 3.96. The first-order chi connectivity index (χ1) is 7.20. The predicted octanol–water partition coefficient (Wildman–Crippen LogP) is 2.70. The van der Waals surface area contributed by atoms with E-state index >= 15 is 0 Å². The summed E-state index contributed by atoms with van der Waals surface area (Å²) in [5.41, 5.74) is 0.728. The van der Waals surface area contributed by atoms with Gasteiger partial charge in [0.1, 0.15) is 5.54 Å². The van der Waals surface area contributed by atoms with E-state index in [1.54, 1.807) is 0 Å². The van der Waals surface area contributed by atoms with Crippen LogP contribution in [0.2, 0.25) is 0 Å². The summed E-state index contributed by atoms with van der Waals surface area (Å²) in [7, 11) is 0. The molecule has 1 nitrogen and oxygen atoms in total. The summed E-state index contributed by atoms with van der Waals surface area (Å²) in [6.45, 7) is 2.43. The summed E-state index contributed by atoms with van der Waals surface area (Å²) < 4.78 is 26.4. The molecule has 1 atom stereocenters. The molecule has 1 N–H and O–H groups in total. The quantitative estimate of drug-likeness (QED) is 0.810. The molecular weight excluding hydrogens is 196 g/mol. The zero-order valence-corrected chi connectivity index (χ0v) is 8.76. The van der Waals surface area contributed by atoms with Crippen LogP contribution in [0.5, 0.6) is 0 Å². The minimum absolute atomic E-state index is 0.498. The molecule has 1 aromatic rings. The van der Waals surface area contributed by atoms with Crippen molar-refractivity contribution < 1.29 is 8.78 Å². The smallest absolute Gasteiger partial charge is 0.260 e. The molecule has 15 heavy (non-hydrogen) atoms. The normalized spacial score (nSPS) is 24.5. The van der Waals surface area contributed by atoms with E-state index < -0.39 is 12.0 Å². The highest BCUT2D eigenvalue weighted by atomic mass is 19.3. The van der Waals surface area contributed by atoms with Gasteiger partial charge in [-0.2, -0.15) is 0 Å². The standard InChI is InChI=1S/C12H15F2N/c1-2-15-12(11(13)14)8-7-9-5-3-4-6-10(9)12/h3-6,11,15H,2,7-8H2,1H3. The Balaban J connectivity index is 2.44. The highest BCUT2D eigenvalue weighted by Crippen LogP contribution is 2.41. The van der Waals surface area contributed by atoms with Crippen LogP contribution in [0, 0.1) is 0 Å². The van der Waals surface area contributed by atoms with Crippen molar-refractivity contribution in [2.24, 2.45) is 0 Å². The van der Waals surface area contributed by atoms with Crippen LogP contribution >= 0.6 is 0 Å². The van der Waals surface area contributed by atoms with Crippen molar-refractivity contribution in [2.45, 2.75) is 31.7 Å². The van der Waals surface area contributed by atoms with Gasteiger partial charge in [-0.3, -0.25) is 0 Å². The van der Waals surface area contributed by atoms with Gasteiger partial charge in [-0.05, 0) is 30.5 Å². The first kappa shape index (κ1) is 10.6. The fourth-order valence-corrected chi connectivity index (χ4v) is 2.44. The van der Waals surface area contributed by atoms with E-state index in [9.17, 15) is 8.78 Å². The van der Waals surface area contributed by atoms with E-state index in [2.05, 4.69) is 5.32 Å². The summed E-state index contributed by atoms with van der Waals surface area (Å²) in [5, 5.41) is 2.96. The molecule has 0 heterocycles. The fourth-order valence-electron chi connectivity index (χ4n) is 2.44. The van der Waals surface area contributed by atoms with E-state index in [-0.39, 0.29) is 0 Å². The number of nitrogens with one attached hydrogen (secondary N) is 1. The molecule has 0 fully saturated rings. The monoisotopic (exact) mass is 211 g/mol. The molecule has 0 spiro atoms. The van der Waals surface area contributed by atoms with Gasteiger partial charge < -0.3 is 5.32 Å². The van der Waals surface area contributed by atoms with Crippen molar-refractivity contribution in [3.63, 3.8) is 0 Å². The van der Waals surface area contributed by atoms with Gasteiger partial charge in [0.25, 0.3) is 6.43 Å². The van der Waals surface area contributed by atoms with Crippen molar-refractivity contribution in [2.75, 3.05) is 6.54 Å². The first-order valence-corrected chi connectivity index (χ1v) is 5.32. The summed E-state index contributed by atoms with van der Waals surface area (Å²) in [5.74, 6) is 0. The number of benzene rings is 1. The van der Waals surface area contributed by atoms with Gasteiger partial charge in [0.05, 0.1) is 0 Å². The van der Waals surface area contributed by atoms with E-state index in [0.717, 1.165) is 17.5 Å². The number of aryl methyl sites for hydroxylation is 1. The molecule has 0 amide bonds. The van der Waals surface area contributed by atoms with E-state index in [4.69, 9.17) is 0 Å². The van der Waals surface area contributed by atoms with Gasteiger partial charge in [-0.15, -0.1) is 0 Å². The van der Waals surface area contributed by atoms with Gasteiger partial charge in [0.15, 0.2) is 0 Å². The Bertz CT molecular complexity index is 347. The van der Waals surface area contributed by atoms with Gasteiger partial charge in [-0.25, -0.2) is 8.78 Å². The summed E-state index contributed by atoms with van der Waals surface area (Å²) in [6.07, 6.45) is -1.10. The largest absolute Gasteiger partial charge is 0.303 e. The van der Waals surface area contributed by atoms with Crippen LogP contribution in [-0.4, -0.2) is 13.0 Å². The number of hydrogen-bond donors (Lipinski definition) is 1. The van der Waals surface area contributed by atoms with Gasteiger partial charge in [0.2, 0.25) is 0 Å². The predicted molar refractivity (Wildman–Crippen MR) is 56.1 cm³/mol. The zero-order valence-electron chi connectivity index (χ0n) is 8.76. The second kappa shape index (κ2) is 3.89. The lowest BCUT2D eigenvalue weighted by molar-refractivity contribution is 0.0290.